The van der Waals surface area contributed by atoms with Crippen molar-refractivity contribution in [2.45, 2.75) is 25.8 Å². The summed E-state index contributed by atoms with van der Waals surface area (Å²) >= 11 is 1.29. The molecular weight excluding hydrogens is 340 g/mol. The van der Waals surface area contributed by atoms with Crippen LogP contribution in [-0.2, 0) is 9.59 Å². The van der Waals surface area contributed by atoms with E-state index < -0.39 is 6.04 Å². The first-order valence-corrected chi connectivity index (χ1v) is 8.31. The largest absolute Gasteiger partial charge is 0.339 e. The molecule has 0 aliphatic carbocycles. The van der Waals surface area contributed by atoms with E-state index in [2.05, 4.69) is 15.5 Å². The van der Waals surface area contributed by atoms with Crippen LogP contribution < -0.4 is 11.1 Å². The monoisotopic (exact) mass is 362 g/mol. The van der Waals surface area contributed by atoms with Crippen LogP contribution in [0.5, 0.6) is 0 Å². The van der Waals surface area contributed by atoms with E-state index in [1.54, 1.807) is 10.4 Å². The number of rotatable bonds is 6. The Labute approximate surface area is 145 Å². The maximum absolute atomic E-state index is 12.1. The first-order valence-electron chi connectivity index (χ1n) is 7.43. The summed E-state index contributed by atoms with van der Waals surface area (Å²) in [5, 5.41) is 10.6. The molecule has 1 atom stereocenters. The van der Waals surface area contributed by atoms with Gasteiger partial charge < -0.3 is 10.6 Å². The third kappa shape index (κ3) is 6.02. The maximum Gasteiger partial charge on any atom is 0.240 e. The molecule has 0 radical (unpaired) electrons. The van der Waals surface area contributed by atoms with Crippen molar-refractivity contribution < 1.29 is 9.59 Å². The van der Waals surface area contributed by atoms with Gasteiger partial charge in [-0.15, -0.1) is 22.6 Å². The van der Waals surface area contributed by atoms with Crippen LogP contribution in [0, 0.1) is 0 Å². The number of nitrogens with one attached hydrogen (secondary N) is 1. The molecule has 0 spiro atoms. The molecule has 2 heterocycles. The highest BCUT2D eigenvalue weighted by Crippen LogP contribution is 2.09. The number of carbonyl (C=O) groups excluding carboxylic acids is 2. The minimum atomic E-state index is -0.405. The molecule has 2 rings (SSSR count). The van der Waals surface area contributed by atoms with E-state index in [4.69, 9.17) is 5.73 Å². The average molecular weight is 363 g/mol. The first kappa shape index (κ1) is 19.8. The number of anilines is 1. The lowest BCUT2D eigenvalue weighted by Gasteiger charge is -2.35. The number of piperazine rings is 1. The SMILES string of the molecule is CCCC(N)C(=O)N1CCN(CC(=O)Nc2nncs2)CC1.Cl. The lowest BCUT2D eigenvalue weighted by Crippen LogP contribution is -2.54. The lowest BCUT2D eigenvalue weighted by atomic mass is 10.1. The van der Waals surface area contributed by atoms with Gasteiger partial charge in [0.2, 0.25) is 16.9 Å². The van der Waals surface area contributed by atoms with Crippen LogP contribution in [0.1, 0.15) is 19.8 Å². The van der Waals surface area contributed by atoms with Crippen LogP contribution in [-0.4, -0.2) is 70.6 Å². The molecule has 8 nitrogen and oxygen atoms in total. The molecular formula is C13H23ClN6O2S. The average Bonchev–Trinajstić information content (AvgIpc) is 3.00. The van der Waals surface area contributed by atoms with Crippen molar-refractivity contribution in [3.63, 3.8) is 0 Å². The second kappa shape index (κ2) is 9.76. The summed E-state index contributed by atoms with van der Waals surface area (Å²) < 4.78 is 0. The Morgan fingerprint density at radius 3 is 2.65 bits per heavy atom. The Bertz CT molecular complexity index is 493. The molecule has 23 heavy (non-hydrogen) atoms. The molecule has 1 aliphatic heterocycles. The van der Waals surface area contributed by atoms with Crippen molar-refractivity contribution in [1.29, 1.82) is 0 Å². The van der Waals surface area contributed by atoms with E-state index in [1.807, 2.05) is 11.8 Å². The molecule has 0 saturated carbocycles. The van der Waals surface area contributed by atoms with Crippen molar-refractivity contribution in [3.8, 4) is 0 Å². The van der Waals surface area contributed by atoms with Gasteiger partial charge >= 0.3 is 0 Å². The number of hydrogen-bond donors (Lipinski definition) is 2. The van der Waals surface area contributed by atoms with Gasteiger partial charge in [0, 0.05) is 26.2 Å². The van der Waals surface area contributed by atoms with Gasteiger partial charge in [0.05, 0.1) is 12.6 Å². The molecule has 0 bridgehead atoms. The van der Waals surface area contributed by atoms with Gasteiger partial charge in [0.25, 0.3) is 0 Å². The molecule has 1 aromatic rings. The Hall–Kier alpha value is -1.29. The van der Waals surface area contributed by atoms with Crippen molar-refractivity contribution in [3.05, 3.63) is 5.51 Å². The number of halogens is 1. The van der Waals surface area contributed by atoms with Gasteiger partial charge in [-0.25, -0.2) is 0 Å². The number of nitrogens with zero attached hydrogens (tertiary/aromatic N) is 4. The summed E-state index contributed by atoms with van der Waals surface area (Å²) in [5.74, 6) is -0.0981. The summed E-state index contributed by atoms with van der Waals surface area (Å²) in [5.41, 5.74) is 7.44. The number of amides is 2. The van der Waals surface area contributed by atoms with Gasteiger partial charge in [-0.2, -0.15) is 0 Å². The van der Waals surface area contributed by atoms with Crippen LogP contribution >= 0.6 is 23.7 Å². The zero-order valence-corrected chi connectivity index (χ0v) is 14.7. The first-order chi connectivity index (χ1) is 10.6. The molecule has 3 N–H and O–H groups in total. The standard InChI is InChI=1S/C13H22N6O2S.ClH/c1-2-3-10(14)12(21)19-6-4-18(5-7-19)8-11(20)16-13-17-15-9-22-13;/h9-10H,2-8,14H2,1H3,(H,16,17,20);1H. The highest BCUT2D eigenvalue weighted by Gasteiger charge is 2.25. The molecule has 1 fully saturated rings. The lowest BCUT2D eigenvalue weighted by molar-refractivity contribution is -0.134. The van der Waals surface area contributed by atoms with Crippen molar-refractivity contribution >= 4 is 40.7 Å². The minimum Gasteiger partial charge on any atom is -0.339 e. The summed E-state index contributed by atoms with van der Waals surface area (Å²) in [7, 11) is 0. The Balaban J connectivity index is 0.00000264. The summed E-state index contributed by atoms with van der Waals surface area (Å²) in [6.45, 7) is 4.89. The van der Waals surface area contributed by atoms with Crippen LogP contribution in [0.25, 0.3) is 0 Å². The van der Waals surface area contributed by atoms with Gasteiger partial charge in [-0.3, -0.25) is 19.8 Å². The van der Waals surface area contributed by atoms with E-state index in [0.29, 0.717) is 44.3 Å². The predicted octanol–water partition coefficient (Wildman–Crippen LogP) is 0.170. The summed E-state index contributed by atoms with van der Waals surface area (Å²) in [6, 6.07) is -0.405. The molecule has 1 aliphatic rings. The summed E-state index contributed by atoms with van der Waals surface area (Å²) in [6.07, 6.45) is 1.61. The van der Waals surface area contributed by atoms with Crippen LogP contribution in [0.2, 0.25) is 0 Å². The molecule has 1 aromatic heterocycles. The zero-order valence-electron chi connectivity index (χ0n) is 13.1. The highest BCUT2D eigenvalue weighted by atomic mass is 35.5. The number of aromatic nitrogens is 2. The van der Waals surface area contributed by atoms with Crippen LogP contribution in [0.3, 0.4) is 0 Å². The molecule has 10 heteroatoms. The number of hydrogen-bond acceptors (Lipinski definition) is 7. The second-order valence-corrected chi connectivity index (χ2v) is 6.12. The normalized spacial score (nSPS) is 16.5. The van der Waals surface area contributed by atoms with E-state index in [-0.39, 0.29) is 24.2 Å². The second-order valence-electron chi connectivity index (χ2n) is 5.29. The third-order valence-corrected chi connectivity index (χ3v) is 4.18. The Kier molecular flexibility index (Phi) is 8.38. The molecule has 0 aromatic carbocycles. The highest BCUT2D eigenvalue weighted by molar-refractivity contribution is 7.13. The van der Waals surface area contributed by atoms with Gasteiger partial charge in [0.15, 0.2) is 0 Å². The van der Waals surface area contributed by atoms with Gasteiger partial charge in [-0.05, 0) is 6.42 Å². The maximum atomic E-state index is 12.1. The Morgan fingerprint density at radius 1 is 1.39 bits per heavy atom. The quantitative estimate of drug-likeness (QED) is 0.747. The number of carbonyl (C=O) groups is 2. The fourth-order valence-electron chi connectivity index (χ4n) is 2.38. The van der Waals surface area contributed by atoms with Gasteiger partial charge in [0.1, 0.15) is 5.51 Å². The Morgan fingerprint density at radius 2 is 2.09 bits per heavy atom. The van der Waals surface area contributed by atoms with Crippen LogP contribution in [0.15, 0.2) is 5.51 Å². The zero-order chi connectivity index (χ0) is 15.9. The molecule has 2 amide bonds. The molecule has 1 unspecified atom stereocenters. The fraction of sp³-hybridized carbons (Fsp3) is 0.692. The van der Waals surface area contributed by atoms with E-state index in [1.165, 1.54) is 11.3 Å². The van der Waals surface area contributed by atoms with Crippen LogP contribution in [0.4, 0.5) is 5.13 Å². The molecule has 130 valence electrons. The topological polar surface area (TPSA) is 104 Å². The summed E-state index contributed by atoms with van der Waals surface area (Å²) in [4.78, 5) is 27.8. The van der Waals surface area contributed by atoms with E-state index in [0.717, 1.165) is 6.42 Å². The minimum absolute atomic E-state index is 0. The van der Waals surface area contributed by atoms with Crippen molar-refractivity contribution in [1.82, 2.24) is 20.0 Å². The number of nitrogens with two attached hydrogens (primary N) is 1. The molecule has 1 saturated heterocycles. The van der Waals surface area contributed by atoms with Crippen molar-refractivity contribution in [2.24, 2.45) is 5.73 Å². The van der Waals surface area contributed by atoms with Gasteiger partial charge in [-0.1, -0.05) is 24.7 Å². The van der Waals surface area contributed by atoms with Crippen molar-refractivity contribution in [2.75, 3.05) is 38.0 Å². The third-order valence-electron chi connectivity index (χ3n) is 3.57. The van der Waals surface area contributed by atoms with E-state index >= 15 is 0 Å². The fourth-order valence-corrected chi connectivity index (χ4v) is 2.85. The van der Waals surface area contributed by atoms with E-state index in [9.17, 15) is 9.59 Å². The predicted molar refractivity (Wildman–Crippen MR) is 91.7 cm³/mol. The smallest absolute Gasteiger partial charge is 0.240 e.